The number of hydrogen-bond donors (Lipinski definition) is 1. The van der Waals surface area contributed by atoms with Gasteiger partial charge in [0.1, 0.15) is 5.75 Å². The Morgan fingerprint density at radius 2 is 1.74 bits per heavy atom. The van der Waals surface area contributed by atoms with E-state index in [2.05, 4.69) is 39.8 Å². The molecule has 0 aliphatic rings. The molecule has 3 heteroatoms. The molecular formula is C16H28ClNO. The first kappa shape index (κ1) is 18.3. The van der Waals surface area contributed by atoms with Crippen LogP contribution in [-0.2, 0) is 0 Å². The number of ether oxygens (including phenoxy) is 1. The molecule has 0 aromatic heterocycles. The van der Waals surface area contributed by atoms with Crippen molar-refractivity contribution in [1.82, 2.24) is 0 Å². The fourth-order valence-electron chi connectivity index (χ4n) is 2.07. The minimum atomic E-state index is 0. The van der Waals surface area contributed by atoms with Gasteiger partial charge in [0, 0.05) is 11.6 Å². The minimum absolute atomic E-state index is 0. The summed E-state index contributed by atoms with van der Waals surface area (Å²) >= 11 is 0. The van der Waals surface area contributed by atoms with Gasteiger partial charge < -0.3 is 10.5 Å². The summed E-state index contributed by atoms with van der Waals surface area (Å²) in [5.74, 6) is 2.12. The second kappa shape index (κ2) is 8.44. The van der Waals surface area contributed by atoms with Gasteiger partial charge in [-0.25, -0.2) is 0 Å². The van der Waals surface area contributed by atoms with Gasteiger partial charge in [-0.1, -0.05) is 39.8 Å². The maximum absolute atomic E-state index is 6.31. The molecule has 1 rings (SSSR count). The lowest BCUT2D eigenvalue weighted by Crippen LogP contribution is -2.13. The second-order valence-electron chi connectivity index (χ2n) is 5.73. The van der Waals surface area contributed by atoms with Gasteiger partial charge in [-0.05, 0) is 36.3 Å². The normalized spacial score (nSPS) is 12.4. The molecule has 1 atom stereocenters. The van der Waals surface area contributed by atoms with Gasteiger partial charge in [0.25, 0.3) is 0 Å². The standard InChI is InChI=1S/C16H27NO.ClH/c1-11(2)6-8-15(17)14-10-13(12(3)4)7-9-16(14)18-5;/h7,9-12,15H,6,8,17H2,1-5H3;1H/t15-;/m1./s1. The Labute approximate surface area is 124 Å². The molecule has 0 fully saturated rings. The van der Waals surface area contributed by atoms with Crippen molar-refractivity contribution >= 4 is 12.4 Å². The van der Waals surface area contributed by atoms with Crippen LogP contribution in [0.25, 0.3) is 0 Å². The number of methoxy groups -OCH3 is 1. The van der Waals surface area contributed by atoms with E-state index in [4.69, 9.17) is 10.5 Å². The summed E-state index contributed by atoms with van der Waals surface area (Å²) < 4.78 is 5.43. The lowest BCUT2D eigenvalue weighted by Gasteiger charge is -2.19. The topological polar surface area (TPSA) is 35.2 Å². The van der Waals surface area contributed by atoms with Crippen LogP contribution in [0, 0.1) is 5.92 Å². The molecule has 2 N–H and O–H groups in total. The third-order valence-corrected chi connectivity index (χ3v) is 3.37. The number of rotatable bonds is 6. The van der Waals surface area contributed by atoms with Gasteiger partial charge in [0.2, 0.25) is 0 Å². The Morgan fingerprint density at radius 3 is 2.21 bits per heavy atom. The summed E-state index contributed by atoms with van der Waals surface area (Å²) in [6, 6.07) is 6.44. The summed E-state index contributed by atoms with van der Waals surface area (Å²) in [7, 11) is 1.71. The minimum Gasteiger partial charge on any atom is -0.496 e. The molecule has 0 heterocycles. The lowest BCUT2D eigenvalue weighted by atomic mass is 9.93. The molecule has 1 aromatic carbocycles. The van der Waals surface area contributed by atoms with Crippen molar-refractivity contribution in [2.45, 2.75) is 52.5 Å². The van der Waals surface area contributed by atoms with E-state index in [1.165, 1.54) is 5.56 Å². The zero-order valence-electron chi connectivity index (χ0n) is 12.8. The molecule has 1 aromatic rings. The molecule has 0 spiro atoms. The molecule has 0 saturated carbocycles. The molecule has 0 aliphatic carbocycles. The molecule has 0 bridgehead atoms. The molecule has 0 unspecified atom stereocenters. The van der Waals surface area contributed by atoms with Crippen LogP contribution in [-0.4, -0.2) is 7.11 Å². The maximum atomic E-state index is 6.31. The number of benzene rings is 1. The fourth-order valence-corrected chi connectivity index (χ4v) is 2.07. The van der Waals surface area contributed by atoms with Gasteiger partial charge in [-0.15, -0.1) is 12.4 Å². The van der Waals surface area contributed by atoms with Crippen LogP contribution >= 0.6 is 12.4 Å². The van der Waals surface area contributed by atoms with E-state index in [1.54, 1.807) is 7.11 Å². The average molecular weight is 286 g/mol. The van der Waals surface area contributed by atoms with Crippen molar-refractivity contribution in [2.24, 2.45) is 11.7 Å². The van der Waals surface area contributed by atoms with Crippen LogP contribution in [0.2, 0.25) is 0 Å². The summed E-state index contributed by atoms with van der Waals surface area (Å²) in [4.78, 5) is 0. The fraction of sp³-hybridized carbons (Fsp3) is 0.625. The third-order valence-electron chi connectivity index (χ3n) is 3.37. The predicted octanol–water partition coefficient (Wildman–Crippen LogP) is 4.68. The summed E-state index contributed by atoms with van der Waals surface area (Å²) in [5, 5.41) is 0. The Morgan fingerprint density at radius 1 is 1.11 bits per heavy atom. The highest BCUT2D eigenvalue weighted by atomic mass is 35.5. The molecule has 19 heavy (non-hydrogen) atoms. The van der Waals surface area contributed by atoms with Crippen molar-refractivity contribution in [3.63, 3.8) is 0 Å². The summed E-state index contributed by atoms with van der Waals surface area (Å²) in [6.07, 6.45) is 2.16. The van der Waals surface area contributed by atoms with Crippen molar-refractivity contribution in [2.75, 3.05) is 7.11 Å². The predicted molar refractivity (Wildman–Crippen MR) is 85.3 cm³/mol. The van der Waals surface area contributed by atoms with E-state index < -0.39 is 0 Å². The van der Waals surface area contributed by atoms with E-state index in [1.807, 2.05) is 6.07 Å². The monoisotopic (exact) mass is 285 g/mol. The Hall–Kier alpha value is -0.730. The lowest BCUT2D eigenvalue weighted by molar-refractivity contribution is 0.400. The zero-order valence-corrected chi connectivity index (χ0v) is 13.6. The van der Waals surface area contributed by atoms with Crippen molar-refractivity contribution in [3.8, 4) is 5.75 Å². The van der Waals surface area contributed by atoms with Gasteiger partial charge in [0.05, 0.1) is 7.11 Å². The zero-order chi connectivity index (χ0) is 13.7. The van der Waals surface area contributed by atoms with Crippen LogP contribution in [0.5, 0.6) is 5.75 Å². The molecule has 2 nitrogen and oxygen atoms in total. The highest BCUT2D eigenvalue weighted by Crippen LogP contribution is 2.30. The summed E-state index contributed by atoms with van der Waals surface area (Å²) in [5.41, 5.74) is 8.78. The average Bonchev–Trinajstić information content (AvgIpc) is 2.34. The Balaban J connectivity index is 0.00000324. The van der Waals surface area contributed by atoms with Gasteiger partial charge >= 0.3 is 0 Å². The quantitative estimate of drug-likeness (QED) is 0.824. The van der Waals surface area contributed by atoms with Crippen LogP contribution in [0.15, 0.2) is 18.2 Å². The first-order chi connectivity index (χ1) is 8.45. The summed E-state index contributed by atoms with van der Waals surface area (Å²) in [6.45, 7) is 8.86. The van der Waals surface area contributed by atoms with Crippen LogP contribution in [0.3, 0.4) is 0 Å². The van der Waals surface area contributed by atoms with Crippen LogP contribution in [0.1, 0.15) is 63.6 Å². The molecule has 0 radical (unpaired) electrons. The van der Waals surface area contributed by atoms with Crippen LogP contribution < -0.4 is 10.5 Å². The first-order valence-electron chi connectivity index (χ1n) is 6.89. The molecule has 0 saturated heterocycles. The van der Waals surface area contributed by atoms with Crippen molar-refractivity contribution in [1.29, 1.82) is 0 Å². The molecule has 110 valence electrons. The molecule has 0 amide bonds. The SMILES string of the molecule is COc1ccc(C(C)C)cc1[C@H](N)CCC(C)C.Cl. The maximum Gasteiger partial charge on any atom is 0.123 e. The van der Waals surface area contributed by atoms with E-state index in [9.17, 15) is 0 Å². The highest BCUT2D eigenvalue weighted by molar-refractivity contribution is 5.85. The highest BCUT2D eigenvalue weighted by Gasteiger charge is 2.14. The van der Waals surface area contributed by atoms with E-state index >= 15 is 0 Å². The van der Waals surface area contributed by atoms with E-state index in [0.29, 0.717) is 11.8 Å². The number of hydrogen-bond acceptors (Lipinski definition) is 2. The third kappa shape index (κ3) is 5.42. The second-order valence-corrected chi connectivity index (χ2v) is 5.73. The molecule has 0 aliphatic heterocycles. The Bertz CT molecular complexity index is 377. The molecular weight excluding hydrogens is 258 g/mol. The first-order valence-corrected chi connectivity index (χ1v) is 6.89. The van der Waals surface area contributed by atoms with Crippen LogP contribution in [0.4, 0.5) is 0 Å². The van der Waals surface area contributed by atoms with E-state index in [0.717, 1.165) is 24.2 Å². The van der Waals surface area contributed by atoms with Gasteiger partial charge in [0.15, 0.2) is 0 Å². The Kier molecular flexibility index (Phi) is 8.12. The van der Waals surface area contributed by atoms with Crippen molar-refractivity contribution in [3.05, 3.63) is 29.3 Å². The smallest absolute Gasteiger partial charge is 0.123 e. The van der Waals surface area contributed by atoms with E-state index in [-0.39, 0.29) is 18.4 Å². The number of nitrogens with two attached hydrogens (primary N) is 1. The van der Waals surface area contributed by atoms with Crippen molar-refractivity contribution < 1.29 is 4.74 Å². The van der Waals surface area contributed by atoms with Gasteiger partial charge in [-0.3, -0.25) is 0 Å². The number of halogens is 1. The largest absolute Gasteiger partial charge is 0.496 e. The van der Waals surface area contributed by atoms with Gasteiger partial charge in [-0.2, -0.15) is 0 Å².